The Labute approximate surface area is 90.0 Å². The molecule has 1 atom stereocenters. The zero-order chi connectivity index (χ0) is 12.3. The molecule has 0 saturated carbocycles. The number of piperidine rings is 1. The quantitative estimate of drug-likeness (QED) is 0.754. The Kier molecular flexibility index (Phi) is 4.12. The van der Waals surface area contributed by atoms with E-state index in [9.17, 15) is 22.4 Å². The zero-order valence-electron chi connectivity index (χ0n) is 8.50. The lowest BCUT2D eigenvalue weighted by atomic mass is 9.98. The van der Waals surface area contributed by atoms with E-state index < -0.39 is 18.3 Å². The standard InChI is InChI=1S/C9H13F4NO2/c10-7(11)9(12,13)8(16)14-3-1-2-6(4-14)5-15/h6-7,15H,1-5H2. The summed E-state index contributed by atoms with van der Waals surface area (Å²) in [5, 5.41) is 8.83. The molecule has 0 aromatic heterocycles. The summed E-state index contributed by atoms with van der Waals surface area (Å²) in [5.74, 6) is -6.77. The Balaban J connectivity index is 2.66. The first-order valence-electron chi connectivity index (χ1n) is 4.95. The number of rotatable bonds is 3. The number of likely N-dealkylation sites (tertiary alicyclic amines) is 1. The molecular weight excluding hydrogens is 230 g/mol. The van der Waals surface area contributed by atoms with Crippen LogP contribution in [0, 0.1) is 5.92 Å². The van der Waals surface area contributed by atoms with Gasteiger partial charge in [0, 0.05) is 19.7 Å². The Morgan fingerprint density at radius 2 is 2.12 bits per heavy atom. The number of aliphatic hydroxyl groups is 1. The number of carbonyl (C=O) groups excluding carboxylic acids is 1. The van der Waals surface area contributed by atoms with Crippen LogP contribution in [-0.2, 0) is 4.79 Å². The van der Waals surface area contributed by atoms with Gasteiger partial charge in [-0.2, -0.15) is 8.78 Å². The summed E-state index contributed by atoms with van der Waals surface area (Å²) in [6.07, 6.45) is -2.94. The van der Waals surface area contributed by atoms with Crippen LogP contribution in [0.4, 0.5) is 17.6 Å². The highest BCUT2D eigenvalue weighted by atomic mass is 19.3. The highest BCUT2D eigenvalue weighted by Gasteiger charge is 2.51. The molecule has 1 amide bonds. The maximum Gasteiger partial charge on any atom is 0.383 e. The predicted octanol–water partition coefficient (Wildman–Crippen LogP) is 1.12. The third-order valence-corrected chi connectivity index (χ3v) is 2.62. The van der Waals surface area contributed by atoms with Gasteiger partial charge >= 0.3 is 12.3 Å². The fraction of sp³-hybridized carbons (Fsp3) is 0.889. The van der Waals surface area contributed by atoms with E-state index in [0.29, 0.717) is 17.7 Å². The first-order valence-corrected chi connectivity index (χ1v) is 4.95. The van der Waals surface area contributed by atoms with Gasteiger partial charge in [0.2, 0.25) is 0 Å². The Morgan fingerprint density at radius 3 is 2.62 bits per heavy atom. The second-order valence-electron chi connectivity index (χ2n) is 3.87. The van der Waals surface area contributed by atoms with E-state index in [4.69, 9.17) is 5.11 Å². The number of alkyl halides is 4. The first kappa shape index (κ1) is 13.2. The van der Waals surface area contributed by atoms with Crippen LogP contribution in [0.5, 0.6) is 0 Å². The summed E-state index contributed by atoms with van der Waals surface area (Å²) >= 11 is 0. The molecular formula is C9H13F4NO2. The molecule has 1 fully saturated rings. The largest absolute Gasteiger partial charge is 0.396 e. The van der Waals surface area contributed by atoms with Crippen LogP contribution in [-0.4, -0.2) is 48.0 Å². The Hall–Kier alpha value is -0.850. The second kappa shape index (κ2) is 4.99. The molecule has 1 aliphatic heterocycles. The van der Waals surface area contributed by atoms with Crippen LogP contribution >= 0.6 is 0 Å². The minimum Gasteiger partial charge on any atom is -0.396 e. The summed E-state index contributed by atoms with van der Waals surface area (Å²) in [6.45, 7) is -0.278. The van der Waals surface area contributed by atoms with E-state index in [1.165, 1.54) is 0 Å². The van der Waals surface area contributed by atoms with Crippen molar-refractivity contribution in [3.63, 3.8) is 0 Å². The molecule has 1 aliphatic rings. The maximum atomic E-state index is 12.8. The molecule has 3 nitrogen and oxygen atoms in total. The molecule has 0 aliphatic carbocycles. The summed E-state index contributed by atoms with van der Waals surface area (Å²) in [6, 6.07) is 0. The normalized spacial score (nSPS) is 22.6. The second-order valence-corrected chi connectivity index (χ2v) is 3.87. The average molecular weight is 243 g/mol. The smallest absolute Gasteiger partial charge is 0.383 e. The highest BCUT2D eigenvalue weighted by molar-refractivity contribution is 5.84. The fourth-order valence-electron chi connectivity index (χ4n) is 1.70. The molecule has 16 heavy (non-hydrogen) atoms. The molecule has 1 heterocycles. The number of aliphatic hydroxyl groups excluding tert-OH is 1. The van der Waals surface area contributed by atoms with Gasteiger partial charge in [0.1, 0.15) is 0 Å². The molecule has 0 aromatic carbocycles. The van der Waals surface area contributed by atoms with Crippen LogP contribution in [0.3, 0.4) is 0 Å². The Morgan fingerprint density at radius 1 is 1.50 bits per heavy atom. The number of hydrogen-bond acceptors (Lipinski definition) is 2. The lowest BCUT2D eigenvalue weighted by Crippen LogP contribution is -2.51. The maximum absolute atomic E-state index is 12.8. The number of hydrogen-bond donors (Lipinski definition) is 1. The van der Waals surface area contributed by atoms with Crippen molar-refractivity contribution < 1.29 is 27.5 Å². The first-order chi connectivity index (χ1) is 7.39. The van der Waals surface area contributed by atoms with Crippen molar-refractivity contribution in [2.24, 2.45) is 5.92 Å². The van der Waals surface area contributed by atoms with Gasteiger partial charge in [0.15, 0.2) is 0 Å². The van der Waals surface area contributed by atoms with Crippen molar-refractivity contribution in [3.8, 4) is 0 Å². The van der Waals surface area contributed by atoms with Gasteiger partial charge in [0.05, 0.1) is 0 Å². The van der Waals surface area contributed by atoms with Crippen molar-refractivity contribution in [3.05, 3.63) is 0 Å². The van der Waals surface area contributed by atoms with Gasteiger partial charge in [-0.3, -0.25) is 4.79 Å². The molecule has 1 unspecified atom stereocenters. The van der Waals surface area contributed by atoms with Gasteiger partial charge in [-0.1, -0.05) is 0 Å². The molecule has 0 radical (unpaired) electrons. The van der Waals surface area contributed by atoms with Crippen molar-refractivity contribution in [1.29, 1.82) is 0 Å². The molecule has 1 rings (SSSR count). The van der Waals surface area contributed by atoms with Crippen molar-refractivity contribution in [2.45, 2.75) is 25.2 Å². The number of amides is 1. The van der Waals surface area contributed by atoms with Crippen molar-refractivity contribution >= 4 is 5.91 Å². The lowest BCUT2D eigenvalue weighted by molar-refractivity contribution is -0.182. The van der Waals surface area contributed by atoms with E-state index in [2.05, 4.69) is 0 Å². The van der Waals surface area contributed by atoms with Crippen molar-refractivity contribution in [1.82, 2.24) is 4.90 Å². The van der Waals surface area contributed by atoms with Gasteiger partial charge in [-0.15, -0.1) is 0 Å². The van der Waals surface area contributed by atoms with Crippen LogP contribution < -0.4 is 0 Å². The summed E-state index contributed by atoms with van der Waals surface area (Å²) in [4.78, 5) is 11.8. The van der Waals surface area contributed by atoms with Crippen molar-refractivity contribution in [2.75, 3.05) is 19.7 Å². The molecule has 7 heteroatoms. The van der Waals surface area contributed by atoms with E-state index >= 15 is 0 Å². The van der Waals surface area contributed by atoms with E-state index in [1.54, 1.807) is 0 Å². The van der Waals surface area contributed by atoms with Gasteiger partial charge in [-0.05, 0) is 18.8 Å². The van der Waals surface area contributed by atoms with E-state index in [0.717, 1.165) is 0 Å². The predicted molar refractivity (Wildman–Crippen MR) is 47.3 cm³/mol. The summed E-state index contributed by atoms with van der Waals surface area (Å²) in [5.41, 5.74) is 0. The molecule has 0 spiro atoms. The molecule has 1 saturated heterocycles. The third-order valence-electron chi connectivity index (χ3n) is 2.62. The highest BCUT2D eigenvalue weighted by Crippen LogP contribution is 2.27. The topological polar surface area (TPSA) is 40.5 Å². The van der Waals surface area contributed by atoms with Gasteiger partial charge in [0.25, 0.3) is 5.91 Å². The Bertz CT molecular complexity index is 260. The SMILES string of the molecule is O=C(N1CCCC(CO)C1)C(F)(F)C(F)F. The minimum atomic E-state index is -4.63. The minimum absolute atomic E-state index is 0.0393. The molecule has 0 aromatic rings. The van der Waals surface area contributed by atoms with Crippen LogP contribution in [0.15, 0.2) is 0 Å². The van der Waals surface area contributed by atoms with E-state index in [1.807, 2.05) is 0 Å². The third kappa shape index (κ3) is 2.63. The molecule has 0 bridgehead atoms. The van der Waals surface area contributed by atoms with Gasteiger partial charge < -0.3 is 10.0 Å². The zero-order valence-corrected chi connectivity index (χ0v) is 8.50. The molecule has 94 valence electrons. The molecule has 1 N–H and O–H groups in total. The summed E-state index contributed by atoms with van der Waals surface area (Å²) in [7, 11) is 0. The van der Waals surface area contributed by atoms with Crippen LogP contribution in [0.2, 0.25) is 0 Å². The van der Waals surface area contributed by atoms with E-state index in [-0.39, 0.29) is 25.6 Å². The van der Waals surface area contributed by atoms with Crippen LogP contribution in [0.1, 0.15) is 12.8 Å². The van der Waals surface area contributed by atoms with Gasteiger partial charge in [-0.25, -0.2) is 8.78 Å². The monoisotopic (exact) mass is 243 g/mol. The summed E-state index contributed by atoms with van der Waals surface area (Å²) < 4.78 is 49.4. The number of halogens is 4. The lowest BCUT2D eigenvalue weighted by Gasteiger charge is -2.33. The number of carbonyl (C=O) groups is 1. The van der Waals surface area contributed by atoms with Crippen LogP contribution in [0.25, 0.3) is 0 Å². The fourth-order valence-corrected chi connectivity index (χ4v) is 1.70. The number of nitrogens with zero attached hydrogens (tertiary/aromatic N) is 1. The average Bonchev–Trinajstić information content (AvgIpc) is 2.27.